The molecule has 14 aromatic carbocycles. The zero-order valence-electron chi connectivity index (χ0n) is 51.2. The molecule has 6 nitrogen and oxygen atoms in total. The molecule has 0 N–H and O–H groups in total. The van der Waals surface area contributed by atoms with Crippen LogP contribution in [0, 0.1) is 0 Å². The fourth-order valence-electron chi connectivity index (χ4n) is 18.1. The number of hydrogen-bond acceptors (Lipinski definition) is 3. The summed E-state index contributed by atoms with van der Waals surface area (Å²) in [4.78, 5) is 17.2. The molecule has 0 saturated heterocycles. The SMILES string of the molecule is c1ccc2c(c1)-c1ccc(-c3nc(-c4ccc5c(c4)C4(c6ccccc6-5)c5ccccc5-c5ccc(-n6c7ccccc7c7ccccc76)cc54)nc(-n4c5ccccc5c5ccccc54)n3)cc1C21c2ccccc2-c2ccc(-n3c4ccccc4c4ccccc43)cc21. The summed E-state index contributed by atoms with van der Waals surface area (Å²) in [5.74, 6) is 1.74. The van der Waals surface area contributed by atoms with Crippen LogP contribution in [0.15, 0.2) is 315 Å². The Morgan fingerprint density at radius 2 is 0.453 bits per heavy atom. The van der Waals surface area contributed by atoms with Crippen LogP contribution in [0.2, 0.25) is 0 Å². The average Bonchev–Trinajstić information content (AvgIpc) is 1.52. The van der Waals surface area contributed by atoms with Gasteiger partial charge in [-0.25, -0.2) is 4.98 Å². The Labute approximate surface area is 546 Å². The molecule has 4 heterocycles. The van der Waals surface area contributed by atoms with Gasteiger partial charge < -0.3 is 9.13 Å². The van der Waals surface area contributed by atoms with Crippen LogP contribution in [0.1, 0.15) is 44.5 Å². The van der Waals surface area contributed by atoms with Gasteiger partial charge in [0.05, 0.1) is 43.9 Å². The average molecular weight is 1210 g/mol. The van der Waals surface area contributed by atoms with E-state index in [9.17, 15) is 0 Å². The molecule has 18 aromatic rings. The number of benzene rings is 14. The van der Waals surface area contributed by atoms with Gasteiger partial charge in [-0.15, -0.1) is 0 Å². The predicted octanol–water partition coefficient (Wildman–Crippen LogP) is 21.2. The second-order valence-corrected chi connectivity index (χ2v) is 26.1. The maximum Gasteiger partial charge on any atom is 0.238 e. The molecule has 4 aliphatic rings. The summed E-state index contributed by atoms with van der Waals surface area (Å²) < 4.78 is 7.15. The molecule has 22 rings (SSSR count). The Bertz CT molecular complexity index is 5940. The fourth-order valence-corrected chi connectivity index (χ4v) is 18.1. The Morgan fingerprint density at radius 1 is 0.200 bits per heavy atom. The molecule has 0 aliphatic heterocycles. The number of hydrogen-bond donors (Lipinski definition) is 0. The lowest BCUT2D eigenvalue weighted by Crippen LogP contribution is -2.26. The highest BCUT2D eigenvalue weighted by atomic mass is 15.2. The van der Waals surface area contributed by atoms with Crippen molar-refractivity contribution >= 4 is 65.4 Å². The van der Waals surface area contributed by atoms with Gasteiger partial charge in [0.2, 0.25) is 5.95 Å². The Kier molecular flexibility index (Phi) is 10.0. The van der Waals surface area contributed by atoms with Crippen molar-refractivity contribution in [3.05, 3.63) is 360 Å². The van der Waals surface area contributed by atoms with Gasteiger partial charge in [-0.3, -0.25) is 4.57 Å². The minimum Gasteiger partial charge on any atom is -0.309 e. The van der Waals surface area contributed by atoms with Gasteiger partial charge in [-0.1, -0.05) is 243 Å². The second-order valence-electron chi connectivity index (χ2n) is 26.1. The van der Waals surface area contributed by atoms with Crippen molar-refractivity contribution in [3.8, 4) is 84.6 Å². The zero-order valence-corrected chi connectivity index (χ0v) is 51.2. The summed E-state index contributed by atoms with van der Waals surface area (Å²) in [6.45, 7) is 0. The summed E-state index contributed by atoms with van der Waals surface area (Å²) in [7, 11) is 0. The summed E-state index contributed by atoms with van der Waals surface area (Å²) >= 11 is 0. The third-order valence-corrected chi connectivity index (χ3v) is 21.7. The quantitative estimate of drug-likeness (QED) is 0.173. The van der Waals surface area contributed by atoms with Gasteiger partial charge in [-0.2, -0.15) is 9.97 Å². The van der Waals surface area contributed by atoms with E-state index in [4.69, 9.17) is 15.0 Å². The van der Waals surface area contributed by atoms with Gasteiger partial charge >= 0.3 is 0 Å². The van der Waals surface area contributed by atoms with E-state index >= 15 is 0 Å². The number of nitrogens with zero attached hydrogens (tertiary/aromatic N) is 6. The highest BCUT2D eigenvalue weighted by molar-refractivity contribution is 6.12. The fraction of sp³-hybridized carbons (Fsp3) is 0.0225. The first-order valence-electron chi connectivity index (χ1n) is 32.8. The third kappa shape index (κ3) is 6.50. The molecule has 0 amide bonds. The largest absolute Gasteiger partial charge is 0.309 e. The van der Waals surface area contributed by atoms with Crippen molar-refractivity contribution in [2.45, 2.75) is 10.8 Å². The molecule has 4 aromatic heterocycles. The molecular weight excluding hydrogens is 1150 g/mol. The molecule has 4 aliphatic carbocycles. The maximum atomic E-state index is 5.77. The minimum atomic E-state index is -0.674. The van der Waals surface area contributed by atoms with E-state index in [-0.39, 0.29) is 0 Å². The van der Waals surface area contributed by atoms with Crippen LogP contribution in [0.4, 0.5) is 0 Å². The molecule has 0 bridgehead atoms. The van der Waals surface area contributed by atoms with E-state index in [2.05, 4.69) is 329 Å². The molecule has 438 valence electrons. The Hall–Kier alpha value is -12.5. The van der Waals surface area contributed by atoms with Crippen LogP contribution in [-0.2, 0) is 10.8 Å². The van der Waals surface area contributed by atoms with Crippen LogP contribution in [0.25, 0.3) is 150 Å². The summed E-state index contributed by atoms with van der Waals surface area (Å²) in [5.41, 5.74) is 29.3. The summed E-state index contributed by atoms with van der Waals surface area (Å²) in [6.07, 6.45) is 0. The molecular formula is C89H52N6. The van der Waals surface area contributed by atoms with Gasteiger partial charge in [0.1, 0.15) is 0 Å². The van der Waals surface area contributed by atoms with Crippen molar-refractivity contribution in [1.29, 1.82) is 0 Å². The van der Waals surface area contributed by atoms with Gasteiger partial charge in [0, 0.05) is 54.8 Å². The molecule has 2 unspecified atom stereocenters. The molecule has 0 fully saturated rings. The molecule has 0 radical (unpaired) electrons. The van der Waals surface area contributed by atoms with E-state index in [1.807, 2.05) is 0 Å². The maximum absolute atomic E-state index is 5.77. The van der Waals surface area contributed by atoms with Crippen LogP contribution >= 0.6 is 0 Å². The topological polar surface area (TPSA) is 53.5 Å². The number of para-hydroxylation sites is 6. The van der Waals surface area contributed by atoms with Crippen LogP contribution < -0.4 is 0 Å². The van der Waals surface area contributed by atoms with E-state index in [1.165, 1.54) is 133 Å². The molecule has 6 heteroatoms. The van der Waals surface area contributed by atoms with Crippen LogP contribution in [0.5, 0.6) is 0 Å². The molecule has 2 spiro atoms. The van der Waals surface area contributed by atoms with E-state index in [0.29, 0.717) is 17.6 Å². The predicted molar refractivity (Wildman–Crippen MR) is 386 cm³/mol. The van der Waals surface area contributed by atoms with Crippen LogP contribution in [-0.4, -0.2) is 28.7 Å². The number of fused-ring (bicyclic) bond motifs is 29. The van der Waals surface area contributed by atoms with Crippen molar-refractivity contribution < 1.29 is 0 Å². The third-order valence-electron chi connectivity index (χ3n) is 21.7. The van der Waals surface area contributed by atoms with Crippen molar-refractivity contribution in [2.75, 3.05) is 0 Å². The van der Waals surface area contributed by atoms with Gasteiger partial charge in [-0.05, 0) is 162 Å². The highest BCUT2D eigenvalue weighted by Crippen LogP contribution is 2.65. The second kappa shape index (κ2) is 18.6. The number of rotatable bonds is 5. The first-order chi connectivity index (χ1) is 47.1. The van der Waals surface area contributed by atoms with E-state index in [0.717, 1.165) is 44.3 Å². The molecule has 95 heavy (non-hydrogen) atoms. The van der Waals surface area contributed by atoms with Gasteiger partial charge in [0.15, 0.2) is 11.6 Å². The van der Waals surface area contributed by atoms with Crippen molar-refractivity contribution in [2.24, 2.45) is 0 Å². The molecule has 0 saturated carbocycles. The zero-order chi connectivity index (χ0) is 61.8. The van der Waals surface area contributed by atoms with E-state index in [1.54, 1.807) is 0 Å². The first-order valence-corrected chi connectivity index (χ1v) is 32.8. The Morgan fingerprint density at radius 3 is 0.779 bits per heavy atom. The standard InChI is InChI=1S/C89H52N6/c1-11-31-71-57(21-1)61-45-41-53(49-75(61)88(71)73-33-13-3-23-59(73)63-47-43-55(51-77(63)88)93-79-35-15-5-25-65(79)66-26-6-16-36-80(66)93)85-90-86(92-87(91-85)95-83-39-19-9-29-69(83)70-30-10-20-40-84(70)95)54-42-46-62-58-22-2-12-32-72(58)89(76(62)50-54)74-34-14-4-24-60(74)64-48-44-56(52-78(64)89)94-81-37-17-7-27-67(81)68-28-8-18-38-82(68)94/h1-52H. The lowest BCUT2D eigenvalue weighted by atomic mass is 9.70. The Balaban J connectivity index is 0.785. The lowest BCUT2D eigenvalue weighted by Gasteiger charge is -2.31. The summed E-state index contributed by atoms with van der Waals surface area (Å²) in [5, 5.41) is 7.23. The van der Waals surface area contributed by atoms with Gasteiger partial charge in [0.25, 0.3) is 0 Å². The van der Waals surface area contributed by atoms with Crippen molar-refractivity contribution in [1.82, 2.24) is 28.7 Å². The number of aromatic nitrogens is 6. The smallest absolute Gasteiger partial charge is 0.238 e. The first kappa shape index (κ1) is 51.1. The van der Waals surface area contributed by atoms with E-state index < -0.39 is 10.8 Å². The van der Waals surface area contributed by atoms with Crippen molar-refractivity contribution in [3.63, 3.8) is 0 Å². The lowest BCUT2D eigenvalue weighted by molar-refractivity contribution is 0.792. The summed E-state index contributed by atoms with van der Waals surface area (Å²) in [6, 6.07) is 117. The highest BCUT2D eigenvalue weighted by Gasteiger charge is 2.54. The monoisotopic (exact) mass is 1200 g/mol. The van der Waals surface area contributed by atoms with Crippen LogP contribution in [0.3, 0.4) is 0 Å². The molecule has 2 atom stereocenters. The minimum absolute atomic E-state index is 0.555. The normalized spacial score (nSPS) is 15.9.